The maximum absolute atomic E-state index is 14.0. The minimum Gasteiger partial charge on any atom is -0.487 e. The molecule has 0 saturated heterocycles. The van der Waals surface area contributed by atoms with Crippen LogP contribution in [-0.2, 0) is 24.2 Å². The van der Waals surface area contributed by atoms with Gasteiger partial charge in [0.1, 0.15) is 18.2 Å². The van der Waals surface area contributed by atoms with E-state index in [2.05, 4.69) is 11.4 Å². The molecule has 0 fully saturated rings. The summed E-state index contributed by atoms with van der Waals surface area (Å²) in [6.07, 6.45) is 2.26. The van der Waals surface area contributed by atoms with E-state index in [1.807, 2.05) is 12.1 Å². The van der Waals surface area contributed by atoms with Crippen molar-refractivity contribution in [3.05, 3.63) is 58.9 Å². The molecule has 126 valence electrons. The van der Waals surface area contributed by atoms with Crippen molar-refractivity contribution in [2.24, 2.45) is 0 Å². The average molecular weight is 329 g/mol. The highest BCUT2D eigenvalue weighted by molar-refractivity contribution is 5.67. The second-order valence-corrected chi connectivity index (χ2v) is 5.93. The molecule has 0 aliphatic carbocycles. The van der Waals surface area contributed by atoms with Crippen LogP contribution < -0.4 is 10.1 Å². The van der Waals surface area contributed by atoms with Crippen molar-refractivity contribution in [2.75, 3.05) is 11.9 Å². The van der Waals surface area contributed by atoms with Crippen LogP contribution in [0.4, 0.5) is 10.1 Å². The van der Waals surface area contributed by atoms with Gasteiger partial charge < -0.3 is 15.2 Å². The number of nitrogens with one attached hydrogen (secondary N) is 1. The molecule has 24 heavy (non-hydrogen) atoms. The van der Waals surface area contributed by atoms with Crippen molar-refractivity contribution in [2.45, 2.75) is 32.3 Å². The third-order valence-corrected chi connectivity index (χ3v) is 4.16. The van der Waals surface area contributed by atoms with Gasteiger partial charge in [-0.2, -0.15) is 0 Å². The van der Waals surface area contributed by atoms with Gasteiger partial charge in [-0.1, -0.05) is 24.3 Å². The van der Waals surface area contributed by atoms with Crippen molar-refractivity contribution < 1.29 is 19.0 Å². The molecule has 1 heterocycles. The number of ether oxygens (including phenoxy) is 1. The Morgan fingerprint density at radius 2 is 2.17 bits per heavy atom. The third-order valence-electron chi connectivity index (χ3n) is 4.16. The summed E-state index contributed by atoms with van der Waals surface area (Å²) in [4.78, 5) is 10.6. The fourth-order valence-electron chi connectivity index (χ4n) is 2.88. The maximum atomic E-state index is 14.0. The zero-order valence-corrected chi connectivity index (χ0v) is 13.3. The summed E-state index contributed by atoms with van der Waals surface area (Å²) in [6.45, 7) is 1.20. The molecule has 0 spiro atoms. The van der Waals surface area contributed by atoms with Crippen LogP contribution in [0, 0.1) is 5.82 Å². The van der Waals surface area contributed by atoms with Crippen LogP contribution in [0.15, 0.2) is 36.4 Å². The zero-order chi connectivity index (χ0) is 16.9. The number of carboxylic acid groups (broad SMARTS) is 1. The number of anilines is 1. The Labute approximate surface area is 140 Å². The number of fused-ring (bicyclic) bond motifs is 1. The average Bonchev–Trinajstić information content (AvgIpc) is 2.59. The normalized spacial score (nSPS) is 13.0. The highest BCUT2D eigenvalue weighted by Crippen LogP contribution is 2.32. The van der Waals surface area contributed by atoms with Gasteiger partial charge in [-0.05, 0) is 48.1 Å². The summed E-state index contributed by atoms with van der Waals surface area (Å²) in [5.74, 6) is -0.531. The van der Waals surface area contributed by atoms with Crippen molar-refractivity contribution in [3.8, 4) is 5.75 Å². The van der Waals surface area contributed by atoms with E-state index in [1.165, 1.54) is 11.6 Å². The number of hydrogen-bond donors (Lipinski definition) is 2. The second-order valence-electron chi connectivity index (χ2n) is 5.93. The molecule has 1 aliphatic heterocycles. The minimum absolute atomic E-state index is 0.0748. The lowest BCUT2D eigenvalue weighted by Crippen LogP contribution is -2.13. The lowest BCUT2D eigenvalue weighted by molar-refractivity contribution is -0.136. The summed E-state index contributed by atoms with van der Waals surface area (Å²) >= 11 is 0. The first-order valence-corrected chi connectivity index (χ1v) is 8.11. The van der Waals surface area contributed by atoms with Crippen molar-refractivity contribution >= 4 is 11.7 Å². The highest BCUT2D eigenvalue weighted by Gasteiger charge is 2.13. The number of para-hydroxylation sites is 1. The molecule has 0 unspecified atom stereocenters. The Kier molecular flexibility index (Phi) is 4.99. The van der Waals surface area contributed by atoms with Crippen LogP contribution in [0.1, 0.15) is 29.5 Å². The Morgan fingerprint density at radius 1 is 1.29 bits per heavy atom. The Morgan fingerprint density at radius 3 is 2.96 bits per heavy atom. The third kappa shape index (κ3) is 3.85. The van der Waals surface area contributed by atoms with Crippen LogP contribution in [0.5, 0.6) is 5.75 Å². The van der Waals surface area contributed by atoms with Crippen LogP contribution in [-0.4, -0.2) is 17.6 Å². The Balaban J connectivity index is 1.67. The SMILES string of the molecule is O=C(O)CCc1ccc(COc2cccc3c2NCCC3)cc1F. The number of carboxylic acids is 1. The predicted molar refractivity (Wildman–Crippen MR) is 89.9 cm³/mol. The maximum Gasteiger partial charge on any atom is 0.303 e. The fraction of sp³-hybridized carbons (Fsp3) is 0.316. The molecule has 0 bridgehead atoms. The van der Waals surface area contributed by atoms with E-state index in [0.717, 1.165) is 36.4 Å². The van der Waals surface area contributed by atoms with E-state index in [9.17, 15) is 9.18 Å². The van der Waals surface area contributed by atoms with Gasteiger partial charge in [-0.3, -0.25) is 4.79 Å². The van der Waals surface area contributed by atoms with E-state index in [1.54, 1.807) is 12.1 Å². The summed E-state index contributed by atoms with van der Waals surface area (Å²) in [5, 5.41) is 12.0. The summed E-state index contributed by atoms with van der Waals surface area (Å²) in [5.41, 5.74) is 3.41. The molecule has 0 amide bonds. The summed E-state index contributed by atoms with van der Waals surface area (Å²) < 4.78 is 19.9. The molecule has 0 aromatic heterocycles. The van der Waals surface area contributed by atoms with E-state index >= 15 is 0 Å². The summed E-state index contributed by atoms with van der Waals surface area (Å²) in [7, 11) is 0. The van der Waals surface area contributed by atoms with Gasteiger partial charge in [-0.25, -0.2) is 4.39 Å². The van der Waals surface area contributed by atoms with Crippen LogP contribution in [0.2, 0.25) is 0 Å². The number of carbonyl (C=O) groups is 1. The molecule has 4 nitrogen and oxygen atoms in total. The molecule has 0 radical (unpaired) electrons. The van der Waals surface area contributed by atoms with Crippen LogP contribution in [0.3, 0.4) is 0 Å². The van der Waals surface area contributed by atoms with Crippen molar-refractivity contribution in [3.63, 3.8) is 0 Å². The number of rotatable bonds is 6. The van der Waals surface area contributed by atoms with Crippen molar-refractivity contribution in [1.29, 1.82) is 0 Å². The van der Waals surface area contributed by atoms with E-state index in [4.69, 9.17) is 9.84 Å². The molecule has 3 rings (SSSR count). The van der Waals surface area contributed by atoms with E-state index in [0.29, 0.717) is 5.56 Å². The molecule has 0 atom stereocenters. The van der Waals surface area contributed by atoms with Gasteiger partial charge >= 0.3 is 5.97 Å². The smallest absolute Gasteiger partial charge is 0.303 e. The van der Waals surface area contributed by atoms with Crippen LogP contribution in [0.25, 0.3) is 0 Å². The molecular formula is C19H20FNO3. The predicted octanol–water partition coefficient (Wildman–Crippen LogP) is 3.78. The minimum atomic E-state index is -0.928. The largest absolute Gasteiger partial charge is 0.487 e. The number of benzene rings is 2. The highest BCUT2D eigenvalue weighted by atomic mass is 19.1. The monoisotopic (exact) mass is 329 g/mol. The van der Waals surface area contributed by atoms with Crippen LogP contribution >= 0.6 is 0 Å². The molecule has 2 N–H and O–H groups in total. The Hall–Kier alpha value is -2.56. The van der Waals surface area contributed by atoms with Crippen molar-refractivity contribution in [1.82, 2.24) is 0 Å². The second kappa shape index (κ2) is 7.34. The molecule has 2 aromatic carbocycles. The van der Waals surface area contributed by atoms with E-state index in [-0.39, 0.29) is 25.3 Å². The van der Waals surface area contributed by atoms with Gasteiger partial charge in [0.25, 0.3) is 0 Å². The van der Waals surface area contributed by atoms with Gasteiger partial charge in [0.05, 0.1) is 5.69 Å². The number of hydrogen-bond acceptors (Lipinski definition) is 3. The molecule has 0 saturated carbocycles. The molecule has 5 heteroatoms. The topological polar surface area (TPSA) is 58.6 Å². The molecule has 1 aliphatic rings. The van der Waals surface area contributed by atoms with Gasteiger partial charge in [0.2, 0.25) is 0 Å². The first-order chi connectivity index (χ1) is 11.6. The van der Waals surface area contributed by atoms with Gasteiger partial charge in [0.15, 0.2) is 0 Å². The fourth-order valence-corrected chi connectivity index (χ4v) is 2.88. The number of aryl methyl sites for hydroxylation is 2. The first-order valence-electron chi connectivity index (χ1n) is 8.11. The number of aliphatic carboxylic acids is 1. The summed E-state index contributed by atoms with van der Waals surface area (Å²) in [6, 6.07) is 10.8. The van der Waals surface area contributed by atoms with Gasteiger partial charge in [0, 0.05) is 13.0 Å². The standard InChI is InChI=1S/C19H20FNO3/c20-16-11-13(6-7-14(16)8-9-18(22)23)12-24-17-5-1-3-15-4-2-10-21-19(15)17/h1,3,5-7,11,21H,2,4,8-10,12H2,(H,22,23). The lowest BCUT2D eigenvalue weighted by Gasteiger charge is -2.21. The van der Waals surface area contributed by atoms with E-state index < -0.39 is 5.97 Å². The lowest BCUT2D eigenvalue weighted by atomic mass is 10.0. The first kappa shape index (κ1) is 16.3. The molecular weight excluding hydrogens is 309 g/mol. The quantitative estimate of drug-likeness (QED) is 0.847. The Bertz CT molecular complexity index is 745. The zero-order valence-electron chi connectivity index (χ0n) is 13.3. The van der Waals surface area contributed by atoms with Gasteiger partial charge in [-0.15, -0.1) is 0 Å². The number of halogens is 1. The molecule has 2 aromatic rings.